The van der Waals surface area contributed by atoms with Gasteiger partial charge in [-0.15, -0.1) is 0 Å². The molecule has 0 aromatic carbocycles. The van der Waals surface area contributed by atoms with E-state index in [0.717, 1.165) is 12.0 Å². The first-order chi connectivity index (χ1) is 20.9. The Bertz CT molecular complexity index is 1450. The van der Waals surface area contributed by atoms with Crippen LogP contribution in [-0.4, -0.2) is 129 Å². The molecule has 44 heavy (non-hydrogen) atoms. The van der Waals surface area contributed by atoms with E-state index in [0.29, 0.717) is 13.7 Å². The maximum Gasteiger partial charge on any atom is 0.336 e. The van der Waals surface area contributed by atoms with Crippen molar-refractivity contribution in [3.63, 3.8) is 0 Å². The van der Waals surface area contributed by atoms with E-state index in [1.807, 2.05) is 0 Å². The van der Waals surface area contributed by atoms with Crippen molar-refractivity contribution in [2.24, 2.45) is 0 Å². The van der Waals surface area contributed by atoms with Gasteiger partial charge in [0.1, 0.15) is 13.5 Å². The predicted octanol–water partition coefficient (Wildman–Crippen LogP) is -2.54. The number of rotatable bonds is 16. The molecule has 20 nitrogen and oxygen atoms in total. The van der Waals surface area contributed by atoms with Gasteiger partial charge in [-0.25, -0.2) is 37.7 Å². The molecule has 1 aromatic rings. The SMILES string of the molecule is CCN1C(=O)N(COC(=O)CCn2c(=O)n(CCC(=O)O)c(=O)n(CCC(=O)OC)c2=O)C2C1N(COC)C(=O)N2COC. The molecule has 3 heterocycles. The lowest BCUT2D eigenvalue weighted by atomic mass is 10.3. The zero-order chi connectivity index (χ0) is 32.7. The van der Waals surface area contributed by atoms with Gasteiger partial charge in [-0.05, 0) is 6.92 Å². The number of aromatic nitrogens is 3. The van der Waals surface area contributed by atoms with Gasteiger partial charge in [0.25, 0.3) is 0 Å². The molecule has 2 aliphatic rings. The summed E-state index contributed by atoms with van der Waals surface area (Å²) in [5, 5.41) is 9.01. The van der Waals surface area contributed by atoms with Crippen LogP contribution in [0.4, 0.5) is 9.59 Å². The van der Waals surface area contributed by atoms with Crippen molar-refractivity contribution in [2.75, 3.05) is 48.1 Å². The summed E-state index contributed by atoms with van der Waals surface area (Å²) in [5.74, 6) is -2.98. The van der Waals surface area contributed by atoms with Crippen LogP contribution in [0.2, 0.25) is 0 Å². The highest BCUT2D eigenvalue weighted by molar-refractivity contribution is 5.85. The number of hydrogen-bond acceptors (Lipinski definition) is 12. The Kier molecular flexibility index (Phi) is 11.2. The molecule has 2 saturated heterocycles. The summed E-state index contributed by atoms with van der Waals surface area (Å²) in [5.41, 5.74) is -3.41. The first-order valence-corrected chi connectivity index (χ1v) is 13.4. The Labute approximate surface area is 249 Å². The van der Waals surface area contributed by atoms with Crippen molar-refractivity contribution in [1.82, 2.24) is 33.3 Å². The Morgan fingerprint density at radius 1 is 0.636 bits per heavy atom. The van der Waals surface area contributed by atoms with Gasteiger partial charge in [-0.2, -0.15) is 0 Å². The fourth-order valence-corrected chi connectivity index (χ4v) is 4.94. The highest BCUT2D eigenvalue weighted by atomic mass is 16.5. The van der Waals surface area contributed by atoms with Gasteiger partial charge in [0.2, 0.25) is 0 Å². The Balaban J connectivity index is 1.80. The maximum absolute atomic E-state index is 13.2. The number of methoxy groups -OCH3 is 3. The standard InChI is InChI=1S/C24H35N7O13/c1-5-25-18-19(30(13-42-3)24(40)29(18)12-41-2)31(20(25)36)14-44-17(35)8-11-28-22(38)26(9-6-15(32)33)21(37)27(23(28)39)10-7-16(34)43-4/h18-19H,5-14H2,1-4H3,(H,32,33). The molecule has 0 spiro atoms. The number of carboxylic acid groups (broad SMARTS) is 1. The van der Waals surface area contributed by atoms with Gasteiger partial charge in [0.15, 0.2) is 19.1 Å². The van der Waals surface area contributed by atoms with Crippen LogP contribution in [0.1, 0.15) is 26.2 Å². The van der Waals surface area contributed by atoms with Crippen molar-refractivity contribution >= 4 is 30.0 Å². The molecule has 20 heteroatoms. The molecule has 0 bridgehead atoms. The van der Waals surface area contributed by atoms with Crippen molar-refractivity contribution in [1.29, 1.82) is 0 Å². The molecule has 2 atom stereocenters. The maximum atomic E-state index is 13.2. The molecular weight excluding hydrogens is 594 g/mol. The van der Waals surface area contributed by atoms with Crippen molar-refractivity contribution < 1.29 is 48.0 Å². The Morgan fingerprint density at radius 2 is 1.05 bits per heavy atom. The highest BCUT2D eigenvalue weighted by Crippen LogP contribution is 2.34. The molecule has 3 rings (SSSR count). The zero-order valence-electron chi connectivity index (χ0n) is 24.7. The van der Waals surface area contributed by atoms with E-state index in [1.54, 1.807) is 6.92 Å². The lowest BCUT2D eigenvalue weighted by Gasteiger charge is -2.28. The van der Waals surface area contributed by atoms with E-state index in [9.17, 15) is 38.4 Å². The number of esters is 2. The number of likely N-dealkylation sites (N-methyl/N-ethyl adjacent to an activating group) is 1. The number of urea groups is 2. The van der Waals surface area contributed by atoms with Gasteiger partial charge in [0, 0.05) is 40.4 Å². The number of aliphatic carboxylic acids is 1. The molecule has 0 saturated carbocycles. The van der Waals surface area contributed by atoms with E-state index in [2.05, 4.69) is 4.74 Å². The minimum atomic E-state index is -1.31. The van der Waals surface area contributed by atoms with Gasteiger partial charge >= 0.3 is 47.0 Å². The number of carboxylic acids is 1. The monoisotopic (exact) mass is 629 g/mol. The Hall–Kier alpha value is -4.72. The number of ether oxygens (including phenoxy) is 4. The van der Waals surface area contributed by atoms with Crippen LogP contribution < -0.4 is 17.1 Å². The summed E-state index contributed by atoms with van der Waals surface area (Å²) in [7, 11) is 3.87. The fourth-order valence-electron chi connectivity index (χ4n) is 4.94. The summed E-state index contributed by atoms with van der Waals surface area (Å²) < 4.78 is 21.7. The highest BCUT2D eigenvalue weighted by Gasteiger charge is 2.59. The summed E-state index contributed by atoms with van der Waals surface area (Å²) in [4.78, 5) is 106. The normalized spacial score (nSPS) is 17.8. The molecule has 2 aliphatic heterocycles. The van der Waals surface area contributed by atoms with Crippen LogP contribution in [-0.2, 0) is 53.0 Å². The van der Waals surface area contributed by atoms with E-state index in [-0.39, 0.29) is 20.0 Å². The first kappa shape index (κ1) is 33.8. The fraction of sp³-hybridized carbons (Fsp3) is 0.667. The molecular formula is C24H35N7O13. The van der Waals surface area contributed by atoms with E-state index in [1.165, 1.54) is 28.9 Å². The zero-order valence-corrected chi connectivity index (χ0v) is 24.7. The number of fused-ring (bicyclic) bond motifs is 1. The van der Waals surface area contributed by atoms with Gasteiger partial charge in [-0.1, -0.05) is 0 Å². The number of amides is 4. The first-order valence-electron chi connectivity index (χ1n) is 13.4. The second-order valence-corrected chi connectivity index (χ2v) is 9.59. The number of nitrogens with zero attached hydrogens (tertiary/aromatic N) is 7. The second-order valence-electron chi connectivity index (χ2n) is 9.59. The average molecular weight is 630 g/mol. The molecule has 2 fully saturated rings. The van der Waals surface area contributed by atoms with Crippen LogP contribution in [0.15, 0.2) is 14.4 Å². The average Bonchev–Trinajstić information content (AvgIpc) is 3.40. The topological polar surface area (TPSA) is 221 Å². The lowest BCUT2D eigenvalue weighted by Crippen LogP contribution is -2.55. The minimum Gasteiger partial charge on any atom is -0.481 e. The molecule has 0 radical (unpaired) electrons. The molecule has 2 unspecified atom stereocenters. The van der Waals surface area contributed by atoms with Crippen molar-refractivity contribution in [3.8, 4) is 0 Å². The molecule has 244 valence electrons. The summed E-state index contributed by atoms with van der Waals surface area (Å²) >= 11 is 0. The Morgan fingerprint density at radius 3 is 1.48 bits per heavy atom. The molecule has 1 N–H and O–H groups in total. The summed E-state index contributed by atoms with van der Waals surface area (Å²) in [6.07, 6.45) is -3.22. The summed E-state index contributed by atoms with van der Waals surface area (Å²) in [6, 6.07) is -0.993. The van der Waals surface area contributed by atoms with Gasteiger partial charge in [0.05, 0.1) is 26.4 Å². The third-order valence-corrected chi connectivity index (χ3v) is 7.01. The van der Waals surface area contributed by atoms with E-state index in [4.69, 9.17) is 19.3 Å². The van der Waals surface area contributed by atoms with Crippen molar-refractivity contribution in [3.05, 3.63) is 31.5 Å². The second kappa shape index (κ2) is 14.6. The minimum absolute atomic E-state index is 0.113. The van der Waals surface area contributed by atoms with Crippen LogP contribution in [0, 0.1) is 0 Å². The molecule has 1 aromatic heterocycles. The molecule has 4 amide bonds. The third-order valence-electron chi connectivity index (χ3n) is 7.01. The lowest BCUT2D eigenvalue weighted by molar-refractivity contribution is -0.149. The van der Waals surface area contributed by atoms with Crippen LogP contribution in [0.25, 0.3) is 0 Å². The van der Waals surface area contributed by atoms with Crippen LogP contribution >= 0.6 is 0 Å². The third kappa shape index (κ3) is 6.75. The van der Waals surface area contributed by atoms with E-state index >= 15 is 0 Å². The molecule has 0 aliphatic carbocycles. The van der Waals surface area contributed by atoms with Crippen molar-refractivity contribution in [2.45, 2.75) is 58.2 Å². The smallest absolute Gasteiger partial charge is 0.336 e. The number of carbonyl (C=O) groups is 5. The largest absolute Gasteiger partial charge is 0.481 e. The van der Waals surface area contributed by atoms with Crippen LogP contribution in [0.5, 0.6) is 0 Å². The quantitative estimate of drug-likeness (QED) is 0.186. The number of hydrogen-bond donors (Lipinski definition) is 1. The van der Waals surface area contributed by atoms with E-state index < -0.39 is 105 Å². The van der Waals surface area contributed by atoms with Gasteiger partial charge in [-0.3, -0.25) is 29.1 Å². The number of carbonyl (C=O) groups excluding carboxylic acids is 4. The van der Waals surface area contributed by atoms with Crippen LogP contribution in [0.3, 0.4) is 0 Å². The predicted molar refractivity (Wildman–Crippen MR) is 144 cm³/mol. The summed E-state index contributed by atoms with van der Waals surface area (Å²) in [6.45, 7) is -0.533. The van der Waals surface area contributed by atoms with Gasteiger partial charge < -0.3 is 29.0 Å².